The lowest BCUT2D eigenvalue weighted by atomic mass is 9.85. The number of para-hydroxylation sites is 1. The summed E-state index contributed by atoms with van der Waals surface area (Å²) in [5.41, 5.74) is 6.76. The van der Waals surface area contributed by atoms with Crippen molar-refractivity contribution in [1.29, 1.82) is 0 Å². The number of thiophene rings is 1. The smallest absolute Gasteiger partial charge is 0.144 e. The van der Waals surface area contributed by atoms with E-state index >= 15 is 0 Å². The summed E-state index contributed by atoms with van der Waals surface area (Å²) in [5, 5.41) is 12.4. The summed E-state index contributed by atoms with van der Waals surface area (Å²) in [5.74, 6) is 0. The molecule has 0 atom stereocenters. The van der Waals surface area contributed by atoms with Crippen LogP contribution in [0.3, 0.4) is 0 Å². The molecule has 0 unspecified atom stereocenters. The predicted molar refractivity (Wildman–Crippen MR) is 190 cm³/mol. The van der Waals surface area contributed by atoms with Crippen molar-refractivity contribution in [3.05, 3.63) is 146 Å². The molecule has 0 N–H and O–H groups in total. The van der Waals surface area contributed by atoms with Crippen LogP contribution < -0.4 is 0 Å². The molecule has 0 aliphatic heterocycles. The highest BCUT2D eigenvalue weighted by Gasteiger charge is 2.23. The maximum absolute atomic E-state index is 6.83. The lowest BCUT2D eigenvalue weighted by Gasteiger charge is -2.18. The van der Waals surface area contributed by atoms with Gasteiger partial charge in [-0.3, -0.25) is 0 Å². The van der Waals surface area contributed by atoms with E-state index in [1.165, 1.54) is 80.0 Å². The lowest BCUT2D eigenvalue weighted by Crippen LogP contribution is -1.91. The Labute approximate surface area is 257 Å². The van der Waals surface area contributed by atoms with Crippen LogP contribution in [-0.4, -0.2) is 0 Å². The molecule has 44 heavy (non-hydrogen) atoms. The minimum atomic E-state index is 0.924. The molecular weight excluding hydrogens is 553 g/mol. The van der Waals surface area contributed by atoms with Crippen molar-refractivity contribution in [2.24, 2.45) is 0 Å². The third-order valence-corrected chi connectivity index (χ3v) is 10.3. The molecule has 0 saturated heterocycles. The molecule has 10 rings (SSSR count). The fourth-order valence-electron chi connectivity index (χ4n) is 7.36. The molecule has 0 aliphatic carbocycles. The fraction of sp³-hybridized carbons (Fsp3) is 0. The molecule has 2 heteroatoms. The van der Waals surface area contributed by atoms with Gasteiger partial charge in [-0.25, -0.2) is 0 Å². The topological polar surface area (TPSA) is 13.1 Å². The van der Waals surface area contributed by atoms with E-state index in [2.05, 4.69) is 146 Å². The Morgan fingerprint density at radius 2 is 1.00 bits per heavy atom. The SMILES string of the molecule is c1ccc2cc(-c3c4ccccc4c(-c4cc5sc6ccccc6c5c5c4oc4ccccc45)c4ccccc34)ccc2c1. The summed E-state index contributed by atoms with van der Waals surface area (Å²) in [6, 6.07) is 52.9. The third kappa shape index (κ3) is 3.29. The highest BCUT2D eigenvalue weighted by Crippen LogP contribution is 2.50. The Morgan fingerprint density at radius 3 is 1.75 bits per heavy atom. The number of hydrogen-bond donors (Lipinski definition) is 0. The van der Waals surface area contributed by atoms with E-state index in [0.717, 1.165) is 16.7 Å². The summed E-state index contributed by atoms with van der Waals surface area (Å²) < 4.78 is 9.41. The standard InChI is InChI=1S/C42H24OS/c1-2-12-26-23-27(22-21-25(26)11-1)38-28-13-3-5-15-30(28)39(31-16-6-4-14-29(31)38)34-24-37-40(33-18-8-10-20-36(33)44-37)41-32-17-7-9-19-35(32)43-42(34)41/h1-24H. The van der Waals surface area contributed by atoms with Crippen LogP contribution in [0.25, 0.3) is 96.7 Å². The van der Waals surface area contributed by atoms with Gasteiger partial charge in [0, 0.05) is 42.1 Å². The van der Waals surface area contributed by atoms with Crippen LogP contribution in [0.1, 0.15) is 0 Å². The Morgan fingerprint density at radius 1 is 0.409 bits per heavy atom. The average Bonchev–Trinajstić information content (AvgIpc) is 3.65. The second kappa shape index (κ2) is 9.03. The highest BCUT2D eigenvalue weighted by molar-refractivity contribution is 7.26. The number of hydrogen-bond acceptors (Lipinski definition) is 2. The van der Waals surface area contributed by atoms with E-state index in [1.54, 1.807) is 0 Å². The van der Waals surface area contributed by atoms with Crippen LogP contribution in [0.15, 0.2) is 150 Å². The van der Waals surface area contributed by atoms with Crippen molar-refractivity contribution in [2.45, 2.75) is 0 Å². The zero-order chi connectivity index (χ0) is 28.8. The molecule has 2 heterocycles. The van der Waals surface area contributed by atoms with E-state index in [0.29, 0.717) is 0 Å². The molecule has 2 aromatic heterocycles. The first-order valence-corrected chi connectivity index (χ1v) is 15.8. The zero-order valence-electron chi connectivity index (χ0n) is 23.7. The molecule has 0 spiro atoms. The van der Waals surface area contributed by atoms with Gasteiger partial charge < -0.3 is 4.42 Å². The average molecular weight is 577 g/mol. The van der Waals surface area contributed by atoms with E-state index in [4.69, 9.17) is 4.42 Å². The van der Waals surface area contributed by atoms with Gasteiger partial charge in [0.25, 0.3) is 0 Å². The molecule has 1 nitrogen and oxygen atoms in total. The molecule has 8 aromatic carbocycles. The van der Waals surface area contributed by atoms with Gasteiger partial charge in [0.1, 0.15) is 11.2 Å². The molecule has 10 aromatic rings. The Balaban J connectivity index is 1.40. The minimum absolute atomic E-state index is 0.924. The largest absolute Gasteiger partial charge is 0.455 e. The first-order valence-electron chi connectivity index (χ1n) is 15.0. The fourth-order valence-corrected chi connectivity index (χ4v) is 8.52. The van der Waals surface area contributed by atoms with Crippen LogP contribution in [0.5, 0.6) is 0 Å². The second-order valence-electron chi connectivity index (χ2n) is 11.6. The third-order valence-electron chi connectivity index (χ3n) is 9.23. The summed E-state index contributed by atoms with van der Waals surface area (Å²) >= 11 is 1.87. The van der Waals surface area contributed by atoms with Crippen molar-refractivity contribution in [3.8, 4) is 22.3 Å². The molecule has 0 radical (unpaired) electrons. The van der Waals surface area contributed by atoms with Crippen LogP contribution in [-0.2, 0) is 0 Å². The molecule has 204 valence electrons. The summed E-state index contributed by atoms with van der Waals surface area (Å²) in [7, 11) is 0. The number of benzene rings is 8. The monoisotopic (exact) mass is 576 g/mol. The van der Waals surface area contributed by atoms with Crippen molar-refractivity contribution >= 4 is 85.8 Å². The van der Waals surface area contributed by atoms with Gasteiger partial charge in [0.2, 0.25) is 0 Å². The summed E-state index contributed by atoms with van der Waals surface area (Å²) in [4.78, 5) is 0. The van der Waals surface area contributed by atoms with Crippen LogP contribution in [0.4, 0.5) is 0 Å². The molecular formula is C42H24OS. The predicted octanol–water partition coefficient (Wildman–Crippen LogP) is 12.7. The van der Waals surface area contributed by atoms with Crippen molar-refractivity contribution in [1.82, 2.24) is 0 Å². The molecule has 0 aliphatic rings. The van der Waals surface area contributed by atoms with Gasteiger partial charge in [0.15, 0.2) is 0 Å². The van der Waals surface area contributed by atoms with Crippen LogP contribution in [0.2, 0.25) is 0 Å². The van der Waals surface area contributed by atoms with E-state index in [9.17, 15) is 0 Å². The molecule has 0 amide bonds. The van der Waals surface area contributed by atoms with Crippen LogP contribution in [0, 0.1) is 0 Å². The van der Waals surface area contributed by atoms with E-state index in [1.807, 2.05) is 11.3 Å². The first kappa shape index (κ1) is 24.0. The summed E-state index contributed by atoms with van der Waals surface area (Å²) in [6.07, 6.45) is 0. The minimum Gasteiger partial charge on any atom is -0.455 e. The normalized spacial score (nSPS) is 12.1. The van der Waals surface area contributed by atoms with Gasteiger partial charge in [-0.1, -0.05) is 121 Å². The molecule has 0 fully saturated rings. The first-order chi connectivity index (χ1) is 21.8. The Hall–Kier alpha value is -5.44. The lowest BCUT2D eigenvalue weighted by molar-refractivity contribution is 0.670. The van der Waals surface area contributed by atoms with Crippen LogP contribution >= 0.6 is 11.3 Å². The maximum Gasteiger partial charge on any atom is 0.144 e. The Kier molecular flexibility index (Phi) is 4.94. The molecule has 0 saturated carbocycles. The van der Waals surface area contributed by atoms with Gasteiger partial charge in [-0.2, -0.15) is 0 Å². The number of rotatable bonds is 2. The molecule has 0 bridgehead atoms. The maximum atomic E-state index is 6.83. The Bertz CT molecular complexity index is 2720. The number of fused-ring (bicyclic) bond motifs is 10. The second-order valence-corrected chi connectivity index (χ2v) is 12.7. The highest BCUT2D eigenvalue weighted by atomic mass is 32.1. The van der Waals surface area contributed by atoms with Gasteiger partial charge >= 0.3 is 0 Å². The van der Waals surface area contributed by atoms with Gasteiger partial charge in [-0.15, -0.1) is 11.3 Å². The van der Waals surface area contributed by atoms with E-state index in [-0.39, 0.29) is 0 Å². The zero-order valence-corrected chi connectivity index (χ0v) is 24.5. The van der Waals surface area contributed by atoms with Crippen molar-refractivity contribution < 1.29 is 4.42 Å². The number of furan rings is 1. The van der Waals surface area contributed by atoms with E-state index < -0.39 is 0 Å². The quantitative estimate of drug-likeness (QED) is 0.187. The van der Waals surface area contributed by atoms with Gasteiger partial charge in [-0.05, 0) is 67.7 Å². The van der Waals surface area contributed by atoms with Crippen molar-refractivity contribution in [3.63, 3.8) is 0 Å². The van der Waals surface area contributed by atoms with Gasteiger partial charge in [0.05, 0.1) is 0 Å². The summed E-state index contributed by atoms with van der Waals surface area (Å²) in [6.45, 7) is 0. The van der Waals surface area contributed by atoms with Crippen molar-refractivity contribution in [2.75, 3.05) is 0 Å².